The number of aromatic nitrogens is 3. The Hall–Kier alpha value is -2.78. The van der Waals surface area contributed by atoms with Crippen molar-refractivity contribution in [1.82, 2.24) is 14.8 Å². The van der Waals surface area contributed by atoms with Gasteiger partial charge < -0.3 is 20.4 Å². The van der Waals surface area contributed by atoms with Gasteiger partial charge in [0.05, 0.1) is 5.69 Å². The Labute approximate surface area is 130 Å². The van der Waals surface area contributed by atoms with E-state index in [2.05, 4.69) is 25.2 Å². The fraction of sp³-hybridized carbons (Fsp3) is 0.308. The molecule has 0 aliphatic heterocycles. The second-order valence-electron chi connectivity index (χ2n) is 4.40. The molecule has 0 aliphatic carbocycles. The summed E-state index contributed by atoms with van der Waals surface area (Å²) >= 11 is 0. The number of hydrogen-bond donors (Lipinski definition) is 2. The highest BCUT2D eigenvalue weighted by Crippen LogP contribution is 2.29. The molecule has 1 aromatic carbocycles. The molecule has 0 aliphatic rings. The number of anilines is 1. The number of ether oxygens (including phenoxy) is 1. The summed E-state index contributed by atoms with van der Waals surface area (Å²) in [5, 5.41) is 10.2. The van der Waals surface area contributed by atoms with Crippen molar-refractivity contribution in [3.63, 3.8) is 0 Å². The van der Waals surface area contributed by atoms with E-state index in [1.165, 1.54) is 18.2 Å². The molecule has 10 heteroatoms. The fourth-order valence-corrected chi connectivity index (χ4v) is 1.78. The SMILES string of the molecule is CCn1cnnc1CN=C(N)Nc1ccccc1OC(F)(F)F. The highest BCUT2D eigenvalue weighted by Gasteiger charge is 2.32. The van der Waals surface area contributed by atoms with Crippen molar-refractivity contribution in [1.29, 1.82) is 0 Å². The lowest BCUT2D eigenvalue weighted by atomic mass is 10.3. The lowest BCUT2D eigenvalue weighted by molar-refractivity contribution is -0.274. The summed E-state index contributed by atoms with van der Waals surface area (Å²) in [6.45, 7) is 2.74. The van der Waals surface area contributed by atoms with Gasteiger partial charge in [-0.25, -0.2) is 4.99 Å². The van der Waals surface area contributed by atoms with Crippen LogP contribution >= 0.6 is 0 Å². The van der Waals surface area contributed by atoms with Crippen molar-refractivity contribution in [3.8, 4) is 5.75 Å². The Balaban J connectivity index is 2.08. The molecule has 1 heterocycles. The van der Waals surface area contributed by atoms with Crippen molar-refractivity contribution in [2.75, 3.05) is 5.32 Å². The van der Waals surface area contributed by atoms with Crippen molar-refractivity contribution in [3.05, 3.63) is 36.4 Å². The van der Waals surface area contributed by atoms with E-state index >= 15 is 0 Å². The van der Waals surface area contributed by atoms with Gasteiger partial charge in [-0.05, 0) is 19.1 Å². The first-order chi connectivity index (χ1) is 10.9. The number of aryl methyl sites for hydroxylation is 1. The molecule has 124 valence electrons. The number of nitrogens with zero attached hydrogens (tertiary/aromatic N) is 4. The first-order valence-corrected chi connectivity index (χ1v) is 6.67. The molecule has 2 rings (SSSR count). The number of hydrogen-bond acceptors (Lipinski definition) is 4. The van der Waals surface area contributed by atoms with Crippen LogP contribution in [0.5, 0.6) is 5.75 Å². The number of para-hydroxylation sites is 2. The van der Waals surface area contributed by atoms with Gasteiger partial charge >= 0.3 is 6.36 Å². The molecule has 1 aromatic heterocycles. The van der Waals surface area contributed by atoms with Crippen molar-refractivity contribution >= 4 is 11.6 Å². The van der Waals surface area contributed by atoms with Crippen LogP contribution in [0, 0.1) is 0 Å². The number of halogens is 3. The monoisotopic (exact) mass is 328 g/mol. The Kier molecular flexibility index (Phi) is 5.04. The molecule has 0 fully saturated rings. The quantitative estimate of drug-likeness (QED) is 0.648. The van der Waals surface area contributed by atoms with Crippen LogP contribution in [0.25, 0.3) is 0 Å². The maximum Gasteiger partial charge on any atom is 0.573 e. The maximum absolute atomic E-state index is 12.3. The molecule has 0 spiro atoms. The third-order valence-electron chi connectivity index (χ3n) is 2.80. The van der Waals surface area contributed by atoms with E-state index in [1.807, 2.05) is 6.92 Å². The molecular formula is C13H15F3N6O. The van der Waals surface area contributed by atoms with Gasteiger partial charge in [0, 0.05) is 6.54 Å². The summed E-state index contributed by atoms with van der Waals surface area (Å²) < 4.78 is 42.7. The molecule has 0 saturated carbocycles. The van der Waals surface area contributed by atoms with Crippen LogP contribution < -0.4 is 15.8 Å². The lowest BCUT2D eigenvalue weighted by Crippen LogP contribution is -2.24. The Morgan fingerprint density at radius 3 is 2.83 bits per heavy atom. The first-order valence-electron chi connectivity index (χ1n) is 6.67. The van der Waals surface area contributed by atoms with Crippen LogP contribution in [0.3, 0.4) is 0 Å². The topological polar surface area (TPSA) is 90.4 Å². The number of aliphatic imine (C=N–C) groups is 1. The van der Waals surface area contributed by atoms with E-state index in [1.54, 1.807) is 17.0 Å². The summed E-state index contributed by atoms with van der Waals surface area (Å²) in [5.74, 6) is 0.140. The standard InChI is InChI=1S/C13H15F3N6O/c1-2-22-8-19-21-11(22)7-18-12(17)20-9-5-3-4-6-10(9)23-13(14,15)16/h3-6,8H,2,7H2,1H3,(H3,17,18,20). The highest BCUT2D eigenvalue weighted by atomic mass is 19.4. The third kappa shape index (κ3) is 4.87. The number of guanidine groups is 1. The van der Waals surface area contributed by atoms with Gasteiger partial charge in [0.15, 0.2) is 17.5 Å². The Morgan fingerprint density at radius 2 is 2.13 bits per heavy atom. The summed E-state index contributed by atoms with van der Waals surface area (Å²) in [5.41, 5.74) is 5.75. The van der Waals surface area contributed by atoms with Crippen LogP contribution in [-0.4, -0.2) is 27.1 Å². The highest BCUT2D eigenvalue weighted by molar-refractivity contribution is 5.93. The lowest BCUT2D eigenvalue weighted by Gasteiger charge is -2.14. The van der Waals surface area contributed by atoms with Crippen LogP contribution in [0.1, 0.15) is 12.7 Å². The molecule has 0 radical (unpaired) electrons. The molecule has 0 unspecified atom stereocenters. The summed E-state index contributed by atoms with van der Waals surface area (Å²) in [6.07, 6.45) is -3.23. The predicted octanol–water partition coefficient (Wildman–Crippen LogP) is 2.12. The van der Waals surface area contributed by atoms with Crippen molar-refractivity contribution in [2.24, 2.45) is 10.7 Å². The number of nitrogens with two attached hydrogens (primary N) is 1. The summed E-state index contributed by atoms with van der Waals surface area (Å²) in [4.78, 5) is 4.03. The molecule has 7 nitrogen and oxygen atoms in total. The second kappa shape index (κ2) is 6.99. The molecule has 3 N–H and O–H groups in total. The van der Waals surface area contributed by atoms with E-state index in [9.17, 15) is 13.2 Å². The van der Waals surface area contributed by atoms with E-state index in [0.717, 1.165) is 0 Å². The number of benzene rings is 1. The Bertz CT molecular complexity index is 682. The van der Waals surface area contributed by atoms with Crippen molar-refractivity contribution in [2.45, 2.75) is 26.4 Å². The fourth-order valence-electron chi connectivity index (χ4n) is 1.78. The normalized spacial score (nSPS) is 12.3. The summed E-state index contributed by atoms with van der Waals surface area (Å²) in [7, 11) is 0. The molecule has 0 atom stereocenters. The van der Waals surface area contributed by atoms with Gasteiger partial charge in [0.1, 0.15) is 12.9 Å². The third-order valence-corrected chi connectivity index (χ3v) is 2.80. The van der Waals surface area contributed by atoms with E-state index in [-0.39, 0.29) is 18.2 Å². The molecule has 0 amide bonds. The zero-order valence-corrected chi connectivity index (χ0v) is 12.2. The van der Waals surface area contributed by atoms with Gasteiger partial charge in [-0.2, -0.15) is 0 Å². The van der Waals surface area contributed by atoms with Gasteiger partial charge in [-0.3, -0.25) is 0 Å². The minimum Gasteiger partial charge on any atom is -0.404 e. The van der Waals surface area contributed by atoms with Crippen LogP contribution in [0.4, 0.5) is 18.9 Å². The average Bonchev–Trinajstić information content (AvgIpc) is 2.93. The molecule has 0 bridgehead atoms. The van der Waals surface area contributed by atoms with E-state index in [4.69, 9.17) is 5.73 Å². The minimum atomic E-state index is -4.79. The summed E-state index contributed by atoms with van der Waals surface area (Å²) in [6, 6.07) is 5.55. The smallest absolute Gasteiger partial charge is 0.404 e. The maximum atomic E-state index is 12.3. The van der Waals surface area contributed by atoms with Crippen molar-refractivity contribution < 1.29 is 17.9 Å². The van der Waals surface area contributed by atoms with E-state index in [0.29, 0.717) is 12.4 Å². The van der Waals surface area contributed by atoms with Gasteiger partial charge in [0.25, 0.3) is 0 Å². The molecule has 23 heavy (non-hydrogen) atoms. The number of nitrogens with one attached hydrogen (secondary N) is 1. The number of alkyl halides is 3. The number of rotatable bonds is 5. The molecule has 0 saturated heterocycles. The van der Waals surface area contributed by atoms with Gasteiger partial charge in [-0.1, -0.05) is 12.1 Å². The van der Waals surface area contributed by atoms with Crippen LogP contribution in [0.15, 0.2) is 35.6 Å². The van der Waals surface area contributed by atoms with E-state index < -0.39 is 12.1 Å². The van der Waals surface area contributed by atoms with Gasteiger partial charge in [-0.15, -0.1) is 23.4 Å². The van der Waals surface area contributed by atoms with Gasteiger partial charge in [0.2, 0.25) is 0 Å². The second-order valence-corrected chi connectivity index (χ2v) is 4.40. The first kappa shape index (κ1) is 16.6. The largest absolute Gasteiger partial charge is 0.573 e. The predicted molar refractivity (Wildman–Crippen MR) is 77.8 cm³/mol. The molecule has 2 aromatic rings. The minimum absolute atomic E-state index is 0.0584. The van der Waals surface area contributed by atoms with Crippen LogP contribution in [0.2, 0.25) is 0 Å². The zero-order valence-electron chi connectivity index (χ0n) is 12.2. The van der Waals surface area contributed by atoms with Crippen LogP contribution in [-0.2, 0) is 13.1 Å². The Morgan fingerprint density at radius 1 is 1.39 bits per heavy atom. The molecular weight excluding hydrogens is 313 g/mol. The average molecular weight is 328 g/mol. The zero-order chi connectivity index (χ0) is 16.9.